The Morgan fingerprint density at radius 2 is 2.29 bits per heavy atom. The molecule has 0 spiro atoms. The highest BCUT2D eigenvalue weighted by molar-refractivity contribution is 6.29. The Balaban J connectivity index is 1.48. The highest BCUT2D eigenvalue weighted by atomic mass is 35.5. The van der Waals surface area contributed by atoms with Gasteiger partial charge >= 0.3 is 0 Å². The van der Waals surface area contributed by atoms with Crippen LogP contribution < -0.4 is 5.32 Å². The molecule has 1 saturated carbocycles. The first-order valence-corrected chi connectivity index (χ1v) is 6.78. The lowest BCUT2D eigenvalue weighted by Gasteiger charge is -2.15. The average Bonchev–Trinajstić information content (AvgIpc) is 3.07. The van der Waals surface area contributed by atoms with Gasteiger partial charge in [0.15, 0.2) is 0 Å². The summed E-state index contributed by atoms with van der Waals surface area (Å²) in [7, 11) is 0. The molecule has 92 valence electrons. The topological polar surface area (TPSA) is 28.2 Å². The van der Waals surface area contributed by atoms with Crippen LogP contribution in [0.2, 0.25) is 5.15 Å². The summed E-state index contributed by atoms with van der Waals surface area (Å²) in [5.41, 5.74) is 1.08. The number of likely N-dealkylation sites (tertiary alicyclic amines) is 1. The molecular weight excluding hydrogens is 234 g/mol. The molecular formula is C13H18ClN3. The zero-order valence-electron chi connectivity index (χ0n) is 9.90. The van der Waals surface area contributed by atoms with Gasteiger partial charge in [0.2, 0.25) is 0 Å². The van der Waals surface area contributed by atoms with Crippen molar-refractivity contribution in [1.29, 1.82) is 0 Å². The van der Waals surface area contributed by atoms with E-state index in [1.54, 1.807) is 6.20 Å². The quantitative estimate of drug-likeness (QED) is 0.834. The van der Waals surface area contributed by atoms with Gasteiger partial charge in [-0.3, -0.25) is 0 Å². The largest absolute Gasteiger partial charge is 0.385 e. The Morgan fingerprint density at radius 1 is 1.41 bits per heavy atom. The number of anilines is 1. The first-order chi connectivity index (χ1) is 8.31. The van der Waals surface area contributed by atoms with E-state index in [0.717, 1.165) is 24.2 Å². The number of hydrogen-bond donors (Lipinski definition) is 1. The molecule has 1 aliphatic carbocycles. The lowest BCUT2D eigenvalue weighted by molar-refractivity contribution is 0.316. The molecule has 1 atom stereocenters. The summed E-state index contributed by atoms with van der Waals surface area (Å²) in [4.78, 5) is 6.63. The van der Waals surface area contributed by atoms with Gasteiger partial charge in [0.25, 0.3) is 0 Å². The van der Waals surface area contributed by atoms with Crippen LogP contribution in [-0.4, -0.2) is 35.6 Å². The van der Waals surface area contributed by atoms with Crippen LogP contribution in [0.5, 0.6) is 0 Å². The van der Waals surface area contributed by atoms with Gasteiger partial charge in [-0.1, -0.05) is 11.6 Å². The van der Waals surface area contributed by atoms with Crippen molar-refractivity contribution in [2.75, 3.05) is 25.0 Å². The van der Waals surface area contributed by atoms with Gasteiger partial charge in [-0.05, 0) is 43.9 Å². The van der Waals surface area contributed by atoms with Crippen molar-refractivity contribution >= 4 is 17.3 Å². The van der Waals surface area contributed by atoms with Crippen molar-refractivity contribution < 1.29 is 0 Å². The second kappa shape index (κ2) is 4.83. The summed E-state index contributed by atoms with van der Waals surface area (Å²) < 4.78 is 0. The highest BCUT2D eigenvalue weighted by Gasteiger charge is 2.34. The second-order valence-corrected chi connectivity index (χ2v) is 5.52. The first kappa shape index (κ1) is 11.3. The van der Waals surface area contributed by atoms with Crippen LogP contribution in [-0.2, 0) is 0 Å². The fourth-order valence-corrected chi connectivity index (χ4v) is 2.75. The number of pyridine rings is 1. The van der Waals surface area contributed by atoms with E-state index in [1.807, 2.05) is 12.1 Å². The molecule has 1 N–H and O–H groups in total. The first-order valence-electron chi connectivity index (χ1n) is 6.41. The van der Waals surface area contributed by atoms with Crippen LogP contribution in [0.3, 0.4) is 0 Å². The third-order valence-corrected chi connectivity index (χ3v) is 3.91. The zero-order chi connectivity index (χ0) is 11.7. The Labute approximate surface area is 107 Å². The molecule has 1 aliphatic heterocycles. The number of aromatic nitrogens is 1. The number of nitrogens with zero attached hydrogens (tertiary/aromatic N) is 2. The Bertz CT molecular complexity index is 392. The Hall–Kier alpha value is -0.800. The molecule has 3 nitrogen and oxygen atoms in total. The maximum absolute atomic E-state index is 5.85. The molecule has 1 unspecified atom stereocenters. The van der Waals surface area contributed by atoms with E-state index in [4.69, 9.17) is 11.6 Å². The van der Waals surface area contributed by atoms with Gasteiger partial charge in [-0.2, -0.15) is 0 Å². The molecule has 0 aromatic carbocycles. The number of nitrogens with one attached hydrogen (secondary N) is 1. The molecule has 17 heavy (non-hydrogen) atoms. The van der Waals surface area contributed by atoms with Crippen LogP contribution >= 0.6 is 11.6 Å². The van der Waals surface area contributed by atoms with Crippen molar-refractivity contribution in [3.8, 4) is 0 Å². The highest BCUT2D eigenvalue weighted by Crippen LogP contribution is 2.31. The third kappa shape index (κ3) is 2.90. The van der Waals surface area contributed by atoms with Crippen LogP contribution in [0.1, 0.15) is 19.3 Å². The van der Waals surface area contributed by atoms with E-state index < -0.39 is 0 Å². The molecule has 2 fully saturated rings. The van der Waals surface area contributed by atoms with Crippen molar-refractivity contribution in [2.24, 2.45) is 5.92 Å². The average molecular weight is 252 g/mol. The van der Waals surface area contributed by atoms with E-state index >= 15 is 0 Å². The van der Waals surface area contributed by atoms with Crippen LogP contribution in [0.25, 0.3) is 0 Å². The van der Waals surface area contributed by atoms with Crippen molar-refractivity contribution in [3.05, 3.63) is 23.5 Å². The van der Waals surface area contributed by atoms with E-state index in [0.29, 0.717) is 5.15 Å². The lowest BCUT2D eigenvalue weighted by atomic mass is 10.1. The van der Waals surface area contributed by atoms with Crippen molar-refractivity contribution in [1.82, 2.24) is 9.88 Å². The summed E-state index contributed by atoms with van der Waals surface area (Å²) in [5, 5.41) is 4.01. The van der Waals surface area contributed by atoms with Crippen LogP contribution in [0.4, 0.5) is 5.69 Å². The maximum atomic E-state index is 5.85. The zero-order valence-corrected chi connectivity index (χ0v) is 10.7. The van der Waals surface area contributed by atoms with Crippen molar-refractivity contribution in [2.45, 2.75) is 25.3 Å². The van der Waals surface area contributed by atoms with Gasteiger partial charge in [0.1, 0.15) is 5.15 Å². The molecule has 0 radical (unpaired) electrons. The molecule has 1 aromatic heterocycles. The summed E-state index contributed by atoms with van der Waals surface area (Å²) in [6.07, 6.45) is 5.90. The standard InChI is InChI=1S/C13H18ClN3/c14-13-7-11(3-5-15-13)16-8-10-4-6-17(9-10)12-1-2-12/h3,5,7,10,12H,1-2,4,6,8-9H2,(H,15,16). The maximum Gasteiger partial charge on any atom is 0.131 e. The van der Waals surface area contributed by atoms with E-state index in [-0.39, 0.29) is 0 Å². The fourth-order valence-electron chi connectivity index (χ4n) is 2.58. The molecule has 1 aromatic rings. The van der Waals surface area contributed by atoms with Gasteiger partial charge < -0.3 is 10.2 Å². The van der Waals surface area contributed by atoms with Crippen molar-refractivity contribution in [3.63, 3.8) is 0 Å². The number of halogens is 1. The lowest BCUT2D eigenvalue weighted by Crippen LogP contribution is -2.24. The molecule has 4 heteroatoms. The molecule has 2 aliphatic rings. The van der Waals surface area contributed by atoms with Crippen LogP contribution in [0.15, 0.2) is 18.3 Å². The van der Waals surface area contributed by atoms with E-state index in [9.17, 15) is 0 Å². The van der Waals surface area contributed by atoms with Gasteiger partial charge in [0.05, 0.1) is 0 Å². The van der Waals surface area contributed by atoms with Gasteiger partial charge in [-0.15, -0.1) is 0 Å². The molecule has 0 bridgehead atoms. The SMILES string of the molecule is Clc1cc(NCC2CCN(C3CC3)C2)ccn1. The molecule has 3 rings (SSSR count). The number of rotatable bonds is 4. The number of hydrogen-bond acceptors (Lipinski definition) is 3. The monoisotopic (exact) mass is 251 g/mol. The fraction of sp³-hybridized carbons (Fsp3) is 0.615. The minimum atomic E-state index is 0.557. The smallest absolute Gasteiger partial charge is 0.131 e. The minimum Gasteiger partial charge on any atom is -0.385 e. The van der Waals surface area contributed by atoms with Gasteiger partial charge in [0, 0.05) is 31.0 Å². The summed E-state index contributed by atoms with van der Waals surface area (Å²) >= 11 is 5.85. The summed E-state index contributed by atoms with van der Waals surface area (Å²) in [6, 6.07) is 4.77. The molecule has 0 amide bonds. The second-order valence-electron chi connectivity index (χ2n) is 5.13. The Kier molecular flexibility index (Phi) is 3.21. The summed E-state index contributed by atoms with van der Waals surface area (Å²) in [6.45, 7) is 3.59. The summed E-state index contributed by atoms with van der Waals surface area (Å²) in [5.74, 6) is 0.780. The molecule has 1 saturated heterocycles. The predicted octanol–water partition coefficient (Wildman–Crippen LogP) is 2.63. The predicted molar refractivity (Wildman–Crippen MR) is 70.4 cm³/mol. The van der Waals surface area contributed by atoms with Gasteiger partial charge in [-0.25, -0.2) is 4.98 Å². The van der Waals surface area contributed by atoms with E-state index in [1.165, 1.54) is 32.4 Å². The minimum absolute atomic E-state index is 0.557. The third-order valence-electron chi connectivity index (χ3n) is 3.70. The van der Waals surface area contributed by atoms with Crippen LogP contribution in [0, 0.1) is 5.92 Å². The normalized spacial score (nSPS) is 25.1. The Morgan fingerprint density at radius 3 is 3.06 bits per heavy atom. The molecule has 2 heterocycles. The van der Waals surface area contributed by atoms with E-state index in [2.05, 4.69) is 15.2 Å².